The molecule has 118 valence electrons. The van der Waals surface area contributed by atoms with E-state index in [0.717, 1.165) is 20.1 Å². The van der Waals surface area contributed by atoms with Gasteiger partial charge in [-0.25, -0.2) is 9.37 Å². The summed E-state index contributed by atoms with van der Waals surface area (Å²) in [6, 6.07) is 13.9. The number of thioether (sulfide) groups is 1. The molecule has 0 aliphatic heterocycles. The van der Waals surface area contributed by atoms with E-state index in [4.69, 9.17) is 0 Å². The molecule has 1 aromatic heterocycles. The van der Waals surface area contributed by atoms with Crippen molar-refractivity contribution in [2.45, 2.75) is 17.3 Å². The fraction of sp³-hybridized carbons (Fsp3) is 0.176. The number of benzene rings is 2. The second-order valence-electron chi connectivity index (χ2n) is 5.08. The minimum Gasteiger partial charge on any atom is -0.349 e. The van der Waals surface area contributed by atoms with Crippen LogP contribution in [0.5, 0.6) is 0 Å². The second-order valence-corrected chi connectivity index (χ2v) is 7.33. The first-order chi connectivity index (χ1) is 11.1. The fourth-order valence-electron chi connectivity index (χ4n) is 2.16. The van der Waals surface area contributed by atoms with Gasteiger partial charge in [0.05, 0.1) is 22.0 Å². The maximum atomic E-state index is 12.9. The number of hydrogen-bond donors (Lipinski definition) is 1. The number of halogens is 1. The Labute approximate surface area is 141 Å². The van der Waals surface area contributed by atoms with Crippen molar-refractivity contribution < 1.29 is 9.18 Å². The van der Waals surface area contributed by atoms with Crippen molar-refractivity contribution in [1.29, 1.82) is 0 Å². The summed E-state index contributed by atoms with van der Waals surface area (Å²) in [5.41, 5.74) is 1.84. The molecule has 0 aliphatic carbocycles. The summed E-state index contributed by atoms with van der Waals surface area (Å²) >= 11 is 3.02. The number of carbonyl (C=O) groups is 1. The maximum Gasteiger partial charge on any atom is 0.230 e. The second kappa shape index (κ2) is 7.10. The molecule has 0 saturated heterocycles. The van der Waals surface area contributed by atoms with Crippen molar-refractivity contribution in [3.05, 3.63) is 59.9 Å². The first kappa shape index (κ1) is 16.0. The number of thiazole rings is 1. The molecule has 1 heterocycles. The molecule has 23 heavy (non-hydrogen) atoms. The smallest absolute Gasteiger partial charge is 0.230 e. The summed E-state index contributed by atoms with van der Waals surface area (Å²) in [7, 11) is 0. The highest BCUT2D eigenvalue weighted by Gasteiger charge is 2.11. The number of amides is 1. The van der Waals surface area contributed by atoms with Crippen LogP contribution in [0.25, 0.3) is 10.2 Å². The summed E-state index contributed by atoms with van der Waals surface area (Å²) in [6.07, 6.45) is 0. The SMILES string of the molecule is C[C@H](NC(=O)CSc1nc2ccccc2s1)c1ccc(F)cc1. The van der Waals surface area contributed by atoms with Crippen molar-refractivity contribution in [2.24, 2.45) is 0 Å². The van der Waals surface area contributed by atoms with Crippen molar-refractivity contribution >= 4 is 39.2 Å². The van der Waals surface area contributed by atoms with Gasteiger partial charge in [-0.2, -0.15) is 0 Å². The predicted octanol–water partition coefficient (Wildman–Crippen LogP) is 4.40. The lowest BCUT2D eigenvalue weighted by atomic mass is 10.1. The van der Waals surface area contributed by atoms with Crippen LogP contribution in [-0.4, -0.2) is 16.6 Å². The van der Waals surface area contributed by atoms with Gasteiger partial charge in [-0.1, -0.05) is 36.0 Å². The third kappa shape index (κ3) is 4.09. The first-order valence-corrected chi connectivity index (χ1v) is 8.95. The Balaban J connectivity index is 1.55. The number of fused-ring (bicyclic) bond motifs is 1. The summed E-state index contributed by atoms with van der Waals surface area (Å²) in [5, 5.41) is 2.91. The maximum absolute atomic E-state index is 12.9. The monoisotopic (exact) mass is 346 g/mol. The van der Waals surface area contributed by atoms with E-state index in [0.29, 0.717) is 5.75 Å². The summed E-state index contributed by atoms with van der Waals surface area (Å²) in [6.45, 7) is 1.88. The molecule has 3 aromatic rings. The van der Waals surface area contributed by atoms with Crippen LogP contribution in [0.2, 0.25) is 0 Å². The van der Waals surface area contributed by atoms with E-state index in [9.17, 15) is 9.18 Å². The fourth-order valence-corrected chi connectivity index (χ4v) is 4.04. The number of nitrogens with one attached hydrogen (secondary N) is 1. The molecule has 0 spiro atoms. The van der Waals surface area contributed by atoms with Gasteiger partial charge in [0.25, 0.3) is 0 Å². The van der Waals surface area contributed by atoms with E-state index in [2.05, 4.69) is 10.3 Å². The zero-order valence-corrected chi connectivity index (χ0v) is 14.1. The quantitative estimate of drug-likeness (QED) is 0.696. The molecule has 0 bridgehead atoms. The Bertz CT molecular complexity index is 784. The molecule has 3 nitrogen and oxygen atoms in total. The third-order valence-corrected chi connectivity index (χ3v) is 5.53. The minimum absolute atomic E-state index is 0.0638. The Hall–Kier alpha value is -1.92. The highest BCUT2D eigenvalue weighted by atomic mass is 32.2. The topological polar surface area (TPSA) is 42.0 Å². The molecular formula is C17H15FN2OS2. The van der Waals surface area contributed by atoms with E-state index < -0.39 is 0 Å². The van der Waals surface area contributed by atoms with Crippen LogP contribution in [0.4, 0.5) is 4.39 Å². The average molecular weight is 346 g/mol. The lowest BCUT2D eigenvalue weighted by Crippen LogP contribution is -2.28. The van der Waals surface area contributed by atoms with Gasteiger partial charge in [-0.05, 0) is 36.8 Å². The number of aromatic nitrogens is 1. The Morgan fingerprint density at radius 3 is 2.74 bits per heavy atom. The zero-order chi connectivity index (χ0) is 16.2. The molecule has 2 aromatic carbocycles. The molecule has 0 unspecified atom stereocenters. The predicted molar refractivity (Wildman–Crippen MR) is 93.3 cm³/mol. The van der Waals surface area contributed by atoms with Gasteiger partial charge in [0.2, 0.25) is 5.91 Å². The molecule has 0 radical (unpaired) electrons. The van der Waals surface area contributed by atoms with Crippen LogP contribution in [0.3, 0.4) is 0 Å². The molecule has 0 aliphatic rings. The van der Waals surface area contributed by atoms with Crippen molar-refractivity contribution in [3.8, 4) is 0 Å². The van der Waals surface area contributed by atoms with Crippen LogP contribution < -0.4 is 5.32 Å². The lowest BCUT2D eigenvalue weighted by Gasteiger charge is -2.13. The normalized spacial score (nSPS) is 12.3. The van der Waals surface area contributed by atoms with Gasteiger partial charge in [-0.3, -0.25) is 4.79 Å². The van der Waals surface area contributed by atoms with E-state index in [1.54, 1.807) is 23.5 Å². The number of carbonyl (C=O) groups excluding carboxylic acids is 1. The molecule has 1 N–H and O–H groups in total. The summed E-state index contributed by atoms with van der Waals surface area (Å²) < 4.78 is 14.9. The number of hydrogen-bond acceptors (Lipinski definition) is 4. The standard InChI is InChI=1S/C17H15FN2OS2/c1-11(12-6-8-13(18)9-7-12)19-16(21)10-22-17-20-14-4-2-3-5-15(14)23-17/h2-9,11H,10H2,1H3,(H,19,21)/t11-/m0/s1. The Morgan fingerprint density at radius 2 is 2.00 bits per heavy atom. The Kier molecular flexibility index (Phi) is 4.93. The molecule has 1 amide bonds. The lowest BCUT2D eigenvalue weighted by molar-refractivity contribution is -0.119. The molecular weight excluding hydrogens is 331 g/mol. The molecule has 0 fully saturated rings. The molecule has 1 atom stereocenters. The van der Waals surface area contributed by atoms with Gasteiger partial charge in [-0.15, -0.1) is 11.3 Å². The van der Waals surface area contributed by atoms with E-state index in [1.807, 2.05) is 31.2 Å². The van der Waals surface area contributed by atoms with Crippen molar-refractivity contribution in [2.75, 3.05) is 5.75 Å². The van der Waals surface area contributed by atoms with Crippen LogP contribution in [0.15, 0.2) is 52.9 Å². The summed E-state index contributed by atoms with van der Waals surface area (Å²) in [4.78, 5) is 16.5. The van der Waals surface area contributed by atoms with E-state index >= 15 is 0 Å². The van der Waals surface area contributed by atoms with Gasteiger partial charge in [0, 0.05) is 0 Å². The van der Waals surface area contributed by atoms with Crippen molar-refractivity contribution in [1.82, 2.24) is 10.3 Å². The Morgan fingerprint density at radius 1 is 1.26 bits per heavy atom. The molecule has 6 heteroatoms. The van der Waals surface area contributed by atoms with Gasteiger partial charge in [0.1, 0.15) is 5.82 Å². The highest BCUT2D eigenvalue weighted by Crippen LogP contribution is 2.29. The number of rotatable bonds is 5. The first-order valence-electron chi connectivity index (χ1n) is 7.15. The number of nitrogens with zero attached hydrogens (tertiary/aromatic N) is 1. The molecule has 3 rings (SSSR count). The van der Waals surface area contributed by atoms with Crippen LogP contribution in [0, 0.1) is 5.82 Å². The average Bonchev–Trinajstić information content (AvgIpc) is 2.96. The minimum atomic E-state index is -0.279. The number of para-hydroxylation sites is 1. The van der Waals surface area contributed by atoms with Gasteiger partial charge in [0.15, 0.2) is 4.34 Å². The summed E-state index contributed by atoms with van der Waals surface area (Å²) in [5.74, 6) is -0.0320. The zero-order valence-electron chi connectivity index (χ0n) is 12.5. The largest absolute Gasteiger partial charge is 0.349 e. The van der Waals surface area contributed by atoms with Gasteiger partial charge >= 0.3 is 0 Å². The van der Waals surface area contributed by atoms with E-state index in [-0.39, 0.29) is 17.8 Å². The van der Waals surface area contributed by atoms with Crippen LogP contribution >= 0.6 is 23.1 Å². The van der Waals surface area contributed by atoms with Crippen molar-refractivity contribution in [3.63, 3.8) is 0 Å². The highest BCUT2D eigenvalue weighted by molar-refractivity contribution is 8.01. The van der Waals surface area contributed by atoms with Crippen LogP contribution in [-0.2, 0) is 4.79 Å². The molecule has 0 saturated carbocycles. The van der Waals surface area contributed by atoms with E-state index in [1.165, 1.54) is 23.9 Å². The third-order valence-electron chi connectivity index (χ3n) is 3.35. The van der Waals surface area contributed by atoms with Gasteiger partial charge < -0.3 is 5.32 Å². The van der Waals surface area contributed by atoms with Crippen LogP contribution in [0.1, 0.15) is 18.5 Å².